The zero-order valence-corrected chi connectivity index (χ0v) is 19.8. The van der Waals surface area contributed by atoms with Gasteiger partial charge in [-0.2, -0.15) is 10.2 Å². The lowest BCUT2D eigenvalue weighted by Gasteiger charge is -2.22. The van der Waals surface area contributed by atoms with Crippen molar-refractivity contribution in [1.29, 1.82) is 0 Å². The molecule has 1 aromatic carbocycles. The van der Waals surface area contributed by atoms with E-state index >= 15 is 0 Å². The summed E-state index contributed by atoms with van der Waals surface area (Å²) in [7, 11) is 0. The van der Waals surface area contributed by atoms with Crippen molar-refractivity contribution in [2.24, 2.45) is 0 Å². The molecule has 1 aliphatic heterocycles. The van der Waals surface area contributed by atoms with Gasteiger partial charge in [0, 0.05) is 48.7 Å². The summed E-state index contributed by atoms with van der Waals surface area (Å²) in [5, 5.41) is 20.4. The molecule has 4 heterocycles. The van der Waals surface area contributed by atoms with E-state index in [1.807, 2.05) is 24.3 Å². The van der Waals surface area contributed by atoms with Crippen molar-refractivity contribution in [1.82, 2.24) is 29.8 Å². The van der Waals surface area contributed by atoms with Crippen LogP contribution in [0.3, 0.4) is 0 Å². The zero-order valence-electron chi connectivity index (χ0n) is 19.8. The maximum Gasteiger partial charge on any atom is 0.346 e. The largest absolute Gasteiger partial charge is 0.394 e. The molecule has 3 aromatic heterocycles. The Hall–Kier alpha value is -4.79. The lowest BCUT2D eigenvalue weighted by molar-refractivity contribution is -0.0830. The minimum Gasteiger partial charge on any atom is -0.394 e. The van der Waals surface area contributed by atoms with Crippen molar-refractivity contribution < 1.29 is 14.7 Å². The van der Waals surface area contributed by atoms with Crippen molar-refractivity contribution in [2.45, 2.75) is 19.0 Å². The number of nitrogens with one attached hydrogen (secondary N) is 2. The first-order valence-corrected chi connectivity index (χ1v) is 11.7. The number of carbonyl (C=O) groups excluding carboxylic acids is 1. The maximum atomic E-state index is 12.9. The fourth-order valence-corrected chi connectivity index (χ4v) is 3.78. The number of rotatable bonds is 6. The highest BCUT2D eigenvalue weighted by Crippen LogP contribution is 2.30. The molecule has 37 heavy (non-hydrogen) atoms. The van der Waals surface area contributed by atoms with Crippen LogP contribution in [0.25, 0.3) is 0 Å². The SMILES string of the molecule is O=C(Nc1cccc(C#Cc2cnc(Nc3cnn(CCO)c3)nc2)c1)N1OCC[C@H]1c1cccnc1. The molecular weight excluding hydrogens is 472 g/mol. The van der Waals surface area contributed by atoms with Crippen LogP contribution in [0, 0.1) is 11.8 Å². The van der Waals surface area contributed by atoms with Crippen molar-refractivity contribution >= 4 is 23.4 Å². The smallest absolute Gasteiger partial charge is 0.346 e. The molecule has 5 rings (SSSR count). The number of aromatic nitrogens is 5. The van der Waals surface area contributed by atoms with Gasteiger partial charge in [-0.25, -0.2) is 14.8 Å². The maximum absolute atomic E-state index is 12.9. The zero-order chi connectivity index (χ0) is 25.5. The highest BCUT2D eigenvalue weighted by Gasteiger charge is 2.32. The lowest BCUT2D eigenvalue weighted by atomic mass is 10.1. The van der Waals surface area contributed by atoms with Crippen LogP contribution < -0.4 is 10.6 Å². The second-order valence-electron chi connectivity index (χ2n) is 8.15. The van der Waals surface area contributed by atoms with Gasteiger partial charge in [-0.1, -0.05) is 24.0 Å². The summed E-state index contributed by atoms with van der Waals surface area (Å²) < 4.78 is 1.62. The lowest BCUT2D eigenvalue weighted by Crippen LogP contribution is -2.33. The number of aliphatic hydroxyl groups excluding tert-OH is 1. The van der Waals surface area contributed by atoms with Crippen molar-refractivity contribution in [3.63, 3.8) is 0 Å². The van der Waals surface area contributed by atoms with Crippen LogP contribution in [0.15, 0.2) is 73.6 Å². The van der Waals surface area contributed by atoms with E-state index in [2.05, 4.69) is 42.5 Å². The van der Waals surface area contributed by atoms with Crippen LogP contribution in [-0.2, 0) is 11.4 Å². The molecule has 1 saturated heterocycles. The molecule has 1 fully saturated rings. The number of pyridine rings is 1. The molecular formula is C26H24N8O3. The van der Waals surface area contributed by atoms with Gasteiger partial charge < -0.3 is 15.7 Å². The van der Waals surface area contributed by atoms with Crippen molar-refractivity contribution in [3.05, 3.63) is 90.3 Å². The van der Waals surface area contributed by atoms with Gasteiger partial charge in [0.2, 0.25) is 5.95 Å². The number of benzene rings is 1. The van der Waals surface area contributed by atoms with E-state index in [1.165, 1.54) is 5.06 Å². The van der Waals surface area contributed by atoms with E-state index in [1.54, 1.807) is 54.0 Å². The second kappa shape index (κ2) is 11.3. The third kappa shape index (κ3) is 6.07. The number of urea groups is 1. The molecule has 1 atom stereocenters. The predicted molar refractivity (Wildman–Crippen MR) is 135 cm³/mol. The van der Waals surface area contributed by atoms with Gasteiger partial charge in [-0.15, -0.1) is 0 Å². The number of nitrogens with zero attached hydrogens (tertiary/aromatic N) is 6. The molecule has 186 valence electrons. The molecule has 4 aromatic rings. The fraction of sp³-hybridized carbons (Fsp3) is 0.192. The van der Waals surface area contributed by atoms with E-state index < -0.39 is 0 Å². The molecule has 11 nitrogen and oxygen atoms in total. The molecule has 0 radical (unpaired) electrons. The quantitative estimate of drug-likeness (QED) is 0.347. The molecule has 0 saturated carbocycles. The third-order valence-electron chi connectivity index (χ3n) is 5.51. The third-order valence-corrected chi connectivity index (χ3v) is 5.51. The highest BCUT2D eigenvalue weighted by atomic mass is 16.7. The van der Waals surface area contributed by atoms with Crippen LogP contribution in [0.5, 0.6) is 0 Å². The minimum atomic E-state index is -0.352. The summed E-state index contributed by atoms with van der Waals surface area (Å²) in [6, 6.07) is 10.5. The number of hydrogen-bond acceptors (Lipinski definition) is 8. The number of hydrogen-bond donors (Lipinski definition) is 3. The summed E-state index contributed by atoms with van der Waals surface area (Å²) in [6.45, 7) is 0.891. The molecule has 0 bridgehead atoms. The van der Waals surface area contributed by atoms with Crippen molar-refractivity contribution in [3.8, 4) is 11.8 Å². The molecule has 2 amide bonds. The first-order valence-electron chi connectivity index (χ1n) is 11.7. The average molecular weight is 497 g/mol. The van der Waals surface area contributed by atoms with Gasteiger partial charge in [0.05, 0.1) is 43.2 Å². The monoisotopic (exact) mass is 496 g/mol. The summed E-state index contributed by atoms with van der Waals surface area (Å²) in [4.78, 5) is 31.2. The van der Waals surface area contributed by atoms with Crippen LogP contribution in [0.2, 0.25) is 0 Å². The minimum absolute atomic E-state index is 0.0137. The number of anilines is 3. The van der Waals surface area contributed by atoms with E-state index in [0.717, 1.165) is 16.8 Å². The Morgan fingerprint density at radius 3 is 2.76 bits per heavy atom. The second-order valence-corrected chi connectivity index (χ2v) is 8.15. The number of carbonyl (C=O) groups is 1. The summed E-state index contributed by atoms with van der Waals surface area (Å²) in [6.07, 6.45) is 10.8. The molecule has 11 heteroatoms. The summed E-state index contributed by atoms with van der Waals surface area (Å²) >= 11 is 0. The molecule has 1 aliphatic rings. The van der Waals surface area contributed by atoms with Gasteiger partial charge in [-0.3, -0.25) is 14.5 Å². The molecule has 3 N–H and O–H groups in total. The van der Waals surface area contributed by atoms with E-state index in [9.17, 15) is 4.79 Å². The standard InChI is InChI=1S/C26H24N8O3/c35-11-10-33-18-23(17-30-33)31-25-28-14-20(15-29-25)7-6-19-3-1-5-22(13-19)32-26(36)34-24(8-12-37-34)21-4-2-9-27-16-21/h1-5,9,13-18,24,35H,8,10-12H2,(H,32,36)(H,28,29,31)/t24-/m0/s1. The number of amides is 2. The van der Waals surface area contributed by atoms with Crippen molar-refractivity contribution in [2.75, 3.05) is 23.8 Å². The van der Waals surface area contributed by atoms with E-state index in [-0.39, 0.29) is 18.7 Å². The van der Waals surface area contributed by atoms with Crippen LogP contribution >= 0.6 is 0 Å². The van der Waals surface area contributed by atoms with Gasteiger partial charge in [0.1, 0.15) is 0 Å². The molecule has 0 unspecified atom stereocenters. The first kappa shape index (κ1) is 23.9. The van der Waals surface area contributed by atoms with Gasteiger partial charge in [-0.05, 0) is 29.8 Å². The Bertz CT molecular complexity index is 1410. The van der Waals surface area contributed by atoms with Gasteiger partial charge >= 0.3 is 6.03 Å². The first-order chi connectivity index (χ1) is 18.2. The van der Waals surface area contributed by atoms with E-state index in [4.69, 9.17) is 9.94 Å². The average Bonchev–Trinajstić information content (AvgIpc) is 3.59. The van der Waals surface area contributed by atoms with Crippen LogP contribution in [0.4, 0.5) is 22.1 Å². The fourth-order valence-electron chi connectivity index (χ4n) is 3.78. The summed E-state index contributed by atoms with van der Waals surface area (Å²) in [5.74, 6) is 6.52. The van der Waals surface area contributed by atoms with E-state index in [0.29, 0.717) is 36.8 Å². The van der Waals surface area contributed by atoms with Gasteiger partial charge in [0.15, 0.2) is 0 Å². The Morgan fingerprint density at radius 1 is 1.08 bits per heavy atom. The molecule has 0 spiro atoms. The van der Waals surface area contributed by atoms with Crippen LogP contribution in [-0.4, -0.2) is 54.1 Å². The molecule has 0 aliphatic carbocycles. The number of hydroxylamine groups is 2. The predicted octanol–water partition coefficient (Wildman–Crippen LogP) is 3.11. The summed E-state index contributed by atoms with van der Waals surface area (Å²) in [5.41, 5.74) is 3.62. The Balaban J connectivity index is 1.21. The number of aliphatic hydroxyl groups is 1. The Labute approximate surface area is 213 Å². The Kier molecular flexibility index (Phi) is 7.31. The topological polar surface area (TPSA) is 130 Å². The normalized spacial score (nSPS) is 14.6. The van der Waals surface area contributed by atoms with Gasteiger partial charge in [0.25, 0.3) is 0 Å². The Morgan fingerprint density at radius 2 is 1.95 bits per heavy atom. The van der Waals surface area contributed by atoms with Crippen LogP contribution in [0.1, 0.15) is 29.2 Å². The highest BCUT2D eigenvalue weighted by molar-refractivity contribution is 5.89.